The van der Waals surface area contributed by atoms with Gasteiger partial charge in [0.2, 0.25) is 5.91 Å². The van der Waals surface area contributed by atoms with Crippen LogP contribution in [0.1, 0.15) is 23.6 Å². The molecule has 2 aliphatic rings. The van der Waals surface area contributed by atoms with Gasteiger partial charge in [-0.3, -0.25) is 4.79 Å². The Balaban J connectivity index is 0.00000182. The summed E-state index contributed by atoms with van der Waals surface area (Å²) in [5, 5.41) is 6.55. The number of methoxy groups -OCH3 is 2. The molecule has 2 heterocycles. The summed E-state index contributed by atoms with van der Waals surface area (Å²) in [6.07, 6.45) is 0.773. The van der Waals surface area contributed by atoms with Gasteiger partial charge in [0.15, 0.2) is 11.5 Å². The van der Waals surface area contributed by atoms with Gasteiger partial charge in [-0.2, -0.15) is 0 Å². The lowest BCUT2D eigenvalue weighted by molar-refractivity contribution is -0.121. The highest BCUT2D eigenvalue weighted by Gasteiger charge is 2.55. The zero-order valence-electron chi connectivity index (χ0n) is 14.2. The Bertz CT molecular complexity index is 811. The second-order valence-corrected chi connectivity index (χ2v) is 6.22. The number of para-hydroxylation sites is 1. The summed E-state index contributed by atoms with van der Waals surface area (Å²) < 4.78 is 10.8. The second-order valence-electron chi connectivity index (χ2n) is 6.22. The molecular formula is C19H21ClN2O3. The summed E-state index contributed by atoms with van der Waals surface area (Å²) in [5.41, 5.74) is 2.43. The maximum Gasteiger partial charge on any atom is 0.237 e. The van der Waals surface area contributed by atoms with Crippen LogP contribution in [0.15, 0.2) is 42.5 Å². The van der Waals surface area contributed by atoms with Crippen molar-refractivity contribution in [2.75, 3.05) is 26.1 Å². The molecule has 6 heteroatoms. The zero-order chi connectivity index (χ0) is 16.7. The van der Waals surface area contributed by atoms with Gasteiger partial charge in [-0.15, -0.1) is 12.4 Å². The molecule has 2 aliphatic heterocycles. The van der Waals surface area contributed by atoms with Crippen molar-refractivity contribution in [3.05, 3.63) is 53.6 Å². The van der Waals surface area contributed by atoms with Crippen LogP contribution in [0.25, 0.3) is 0 Å². The Labute approximate surface area is 153 Å². The van der Waals surface area contributed by atoms with Gasteiger partial charge in [-0.25, -0.2) is 0 Å². The number of rotatable bonds is 3. The highest BCUT2D eigenvalue weighted by molar-refractivity contribution is 6.07. The first-order valence-electron chi connectivity index (χ1n) is 8.07. The summed E-state index contributed by atoms with van der Waals surface area (Å²) in [6, 6.07) is 13.7. The maximum atomic E-state index is 12.9. The second kappa shape index (κ2) is 6.58. The van der Waals surface area contributed by atoms with E-state index in [1.165, 1.54) is 0 Å². The minimum absolute atomic E-state index is 0. The number of carbonyl (C=O) groups is 1. The maximum absolute atomic E-state index is 12.9. The van der Waals surface area contributed by atoms with E-state index in [2.05, 4.69) is 10.6 Å². The molecule has 0 saturated carbocycles. The third-order valence-electron chi connectivity index (χ3n) is 5.16. The molecule has 5 nitrogen and oxygen atoms in total. The van der Waals surface area contributed by atoms with Gasteiger partial charge in [-0.1, -0.05) is 24.3 Å². The molecule has 4 rings (SSSR count). The standard InChI is InChI=1S/C19H20N2O3.ClH/c1-23-15-8-7-12(11-16(15)24-2)17-19(9-10-20-17)13-5-3-4-6-14(13)21-18(19)22;/h3-8,11,17,20H,9-10H2,1-2H3,(H,21,22);1H. The van der Waals surface area contributed by atoms with E-state index in [4.69, 9.17) is 9.47 Å². The Morgan fingerprint density at radius 3 is 2.60 bits per heavy atom. The largest absolute Gasteiger partial charge is 0.493 e. The minimum atomic E-state index is -0.573. The number of carbonyl (C=O) groups excluding carboxylic acids is 1. The molecule has 2 aromatic carbocycles. The van der Waals surface area contributed by atoms with Gasteiger partial charge in [0, 0.05) is 5.69 Å². The average molecular weight is 361 g/mol. The van der Waals surface area contributed by atoms with Crippen LogP contribution in [0.3, 0.4) is 0 Å². The molecule has 1 saturated heterocycles. The van der Waals surface area contributed by atoms with Crippen molar-refractivity contribution in [1.82, 2.24) is 5.32 Å². The lowest BCUT2D eigenvalue weighted by atomic mass is 9.73. The highest BCUT2D eigenvalue weighted by atomic mass is 35.5. The van der Waals surface area contributed by atoms with Gasteiger partial charge < -0.3 is 20.1 Å². The fourth-order valence-corrected chi connectivity index (χ4v) is 4.04. The van der Waals surface area contributed by atoms with Crippen molar-refractivity contribution < 1.29 is 14.3 Å². The number of benzene rings is 2. The van der Waals surface area contributed by atoms with Crippen LogP contribution in [0.4, 0.5) is 5.69 Å². The molecule has 2 unspecified atom stereocenters. The number of halogens is 1. The number of fused-ring (bicyclic) bond motifs is 2. The molecule has 132 valence electrons. The van der Waals surface area contributed by atoms with E-state index in [9.17, 15) is 4.79 Å². The molecule has 2 atom stereocenters. The van der Waals surface area contributed by atoms with E-state index in [1.54, 1.807) is 14.2 Å². The predicted molar refractivity (Wildman–Crippen MR) is 98.9 cm³/mol. The molecule has 0 aromatic heterocycles. The number of hydrogen-bond acceptors (Lipinski definition) is 4. The normalized spacial score (nSPS) is 23.8. The average Bonchev–Trinajstić information content (AvgIpc) is 3.18. The van der Waals surface area contributed by atoms with Crippen molar-refractivity contribution in [3.63, 3.8) is 0 Å². The molecule has 2 N–H and O–H groups in total. The first-order chi connectivity index (χ1) is 11.7. The molecule has 25 heavy (non-hydrogen) atoms. The van der Waals surface area contributed by atoms with Crippen molar-refractivity contribution in [2.45, 2.75) is 17.9 Å². The number of hydrogen-bond donors (Lipinski definition) is 2. The molecule has 1 spiro atoms. The van der Waals surface area contributed by atoms with E-state index in [-0.39, 0.29) is 24.4 Å². The fraction of sp³-hybridized carbons (Fsp3) is 0.316. The number of nitrogens with one attached hydrogen (secondary N) is 2. The van der Waals surface area contributed by atoms with Crippen LogP contribution in [0.5, 0.6) is 11.5 Å². The molecule has 0 bridgehead atoms. The van der Waals surface area contributed by atoms with E-state index in [0.29, 0.717) is 11.5 Å². The topological polar surface area (TPSA) is 59.6 Å². The van der Waals surface area contributed by atoms with E-state index in [1.807, 2.05) is 42.5 Å². The van der Waals surface area contributed by atoms with Gasteiger partial charge >= 0.3 is 0 Å². The number of ether oxygens (including phenoxy) is 2. The summed E-state index contributed by atoms with van der Waals surface area (Å²) in [7, 11) is 3.24. The third kappa shape index (κ3) is 2.46. The Kier molecular flexibility index (Phi) is 4.62. The van der Waals surface area contributed by atoms with E-state index >= 15 is 0 Å². The van der Waals surface area contributed by atoms with E-state index in [0.717, 1.165) is 29.8 Å². The van der Waals surface area contributed by atoms with Crippen molar-refractivity contribution in [2.24, 2.45) is 0 Å². The SMILES string of the molecule is COc1ccc(C2NCCC23C(=O)Nc2ccccc23)cc1OC.Cl. The first-order valence-corrected chi connectivity index (χ1v) is 8.07. The number of anilines is 1. The van der Waals surface area contributed by atoms with Crippen LogP contribution in [-0.4, -0.2) is 26.7 Å². The summed E-state index contributed by atoms with van der Waals surface area (Å²) in [5.74, 6) is 1.42. The lowest BCUT2D eigenvalue weighted by Gasteiger charge is -2.29. The van der Waals surface area contributed by atoms with Gasteiger partial charge in [-0.05, 0) is 42.3 Å². The van der Waals surface area contributed by atoms with Gasteiger partial charge in [0.25, 0.3) is 0 Å². The smallest absolute Gasteiger partial charge is 0.237 e. The molecule has 1 fully saturated rings. The van der Waals surface area contributed by atoms with Crippen molar-refractivity contribution >= 4 is 24.0 Å². The Hall–Kier alpha value is -2.24. The molecule has 1 amide bonds. The molecule has 2 aromatic rings. The first kappa shape index (κ1) is 17.6. The summed E-state index contributed by atoms with van der Waals surface area (Å²) in [6.45, 7) is 0.792. The Morgan fingerprint density at radius 1 is 1.08 bits per heavy atom. The minimum Gasteiger partial charge on any atom is -0.493 e. The molecular weight excluding hydrogens is 340 g/mol. The quantitative estimate of drug-likeness (QED) is 0.883. The van der Waals surface area contributed by atoms with Gasteiger partial charge in [0.05, 0.1) is 25.7 Å². The van der Waals surface area contributed by atoms with Crippen LogP contribution >= 0.6 is 12.4 Å². The molecule has 0 radical (unpaired) electrons. The van der Waals surface area contributed by atoms with Crippen LogP contribution < -0.4 is 20.1 Å². The van der Waals surface area contributed by atoms with Crippen LogP contribution in [-0.2, 0) is 10.2 Å². The summed E-state index contributed by atoms with van der Waals surface area (Å²) in [4.78, 5) is 12.9. The highest BCUT2D eigenvalue weighted by Crippen LogP contribution is 2.51. The van der Waals surface area contributed by atoms with E-state index < -0.39 is 5.41 Å². The zero-order valence-corrected chi connectivity index (χ0v) is 15.0. The lowest BCUT2D eigenvalue weighted by Crippen LogP contribution is -2.39. The van der Waals surface area contributed by atoms with Crippen molar-refractivity contribution in [3.8, 4) is 11.5 Å². The number of amides is 1. The Morgan fingerprint density at radius 2 is 1.84 bits per heavy atom. The van der Waals surface area contributed by atoms with Crippen LogP contribution in [0, 0.1) is 0 Å². The molecule has 0 aliphatic carbocycles. The summed E-state index contributed by atoms with van der Waals surface area (Å²) >= 11 is 0. The fourth-order valence-electron chi connectivity index (χ4n) is 4.04. The van der Waals surface area contributed by atoms with Crippen molar-refractivity contribution in [1.29, 1.82) is 0 Å². The van der Waals surface area contributed by atoms with Gasteiger partial charge in [0.1, 0.15) is 0 Å². The monoisotopic (exact) mass is 360 g/mol. The third-order valence-corrected chi connectivity index (χ3v) is 5.16. The predicted octanol–water partition coefficient (Wildman–Crippen LogP) is 3.05. The van der Waals surface area contributed by atoms with Crippen LogP contribution in [0.2, 0.25) is 0 Å².